The second kappa shape index (κ2) is 6.23. The number of carbonyl (C=O) groups excluding carboxylic acids is 1. The lowest BCUT2D eigenvalue weighted by Crippen LogP contribution is -2.30. The normalized spacial score (nSPS) is 13.5. The average Bonchev–Trinajstić information content (AvgIpc) is 3.29. The van der Waals surface area contributed by atoms with Crippen molar-refractivity contribution in [2.24, 2.45) is 0 Å². The molecule has 1 aliphatic carbocycles. The van der Waals surface area contributed by atoms with E-state index >= 15 is 0 Å². The van der Waals surface area contributed by atoms with E-state index in [0.29, 0.717) is 16.9 Å². The van der Waals surface area contributed by atoms with Gasteiger partial charge in [0, 0.05) is 16.8 Å². The Morgan fingerprint density at radius 3 is 2.77 bits per heavy atom. The molecule has 0 atom stereocenters. The van der Waals surface area contributed by atoms with E-state index in [-0.39, 0.29) is 6.03 Å². The zero-order chi connectivity index (χ0) is 15.5. The highest BCUT2D eigenvalue weighted by Crippen LogP contribution is 2.24. The first-order valence-electron chi connectivity index (χ1n) is 7.17. The maximum absolute atomic E-state index is 11.6. The third kappa shape index (κ3) is 3.89. The van der Waals surface area contributed by atoms with Crippen molar-refractivity contribution in [2.75, 3.05) is 10.6 Å². The molecule has 0 bridgehead atoms. The van der Waals surface area contributed by atoms with Gasteiger partial charge in [-0.25, -0.2) is 9.78 Å². The number of aromatic nitrogens is 1. The van der Waals surface area contributed by atoms with Crippen molar-refractivity contribution in [1.82, 2.24) is 10.3 Å². The number of pyridine rings is 1. The fraction of sp³-hybridized carbons (Fsp3) is 0.250. The Balaban J connectivity index is 1.63. The number of nitrogens with zero attached hydrogens (tertiary/aromatic N) is 1. The predicted molar refractivity (Wildman–Crippen MR) is 88.9 cm³/mol. The van der Waals surface area contributed by atoms with E-state index in [0.717, 1.165) is 29.8 Å². The SMILES string of the molecule is Cc1ccc(Cl)cc1Nc1ccc(NC(=O)NC2CC2)nc1. The Morgan fingerprint density at radius 2 is 2.09 bits per heavy atom. The van der Waals surface area contributed by atoms with Gasteiger partial charge in [0.25, 0.3) is 0 Å². The molecule has 1 aliphatic rings. The average molecular weight is 317 g/mol. The minimum atomic E-state index is -0.207. The smallest absolute Gasteiger partial charge is 0.320 e. The van der Waals surface area contributed by atoms with Crippen LogP contribution in [0.4, 0.5) is 22.0 Å². The topological polar surface area (TPSA) is 66.0 Å². The van der Waals surface area contributed by atoms with Crippen LogP contribution in [0.1, 0.15) is 18.4 Å². The van der Waals surface area contributed by atoms with Crippen molar-refractivity contribution in [2.45, 2.75) is 25.8 Å². The molecule has 5 nitrogen and oxygen atoms in total. The first-order chi connectivity index (χ1) is 10.6. The molecule has 2 amide bonds. The molecular weight excluding hydrogens is 300 g/mol. The van der Waals surface area contributed by atoms with E-state index in [1.165, 1.54) is 0 Å². The van der Waals surface area contributed by atoms with Crippen LogP contribution in [0.15, 0.2) is 36.5 Å². The van der Waals surface area contributed by atoms with Crippen LogP contribution in [-0.4, -0.2) is 17.1 Å². The lowest BCUT2D eigenvalue weighted by atomic mass is 10.2. The van der Waals surface area contributed by atoms with Crippen molar-refractivity contribution >= 4 is 34.8 Å². The molecule has 1 aromatic heterocycles. The minimum Gasteiger partial charge on any atom is -0.354 e. The second-order valence-electron chi connectivity index (χ2n) is 5.39. The molecule has 0 unspecified atom stereocenters. The molecule has 1 saturated carbocycles. The summed E-state index contributed by atoms with van der Waals surface area (Å²) in [6, 6.07) is 9.41. The molecule has 1 aromatic carbocycles. The number of benzene rings is 1. The van der Waals surface area contributed by atoms with Crippen LogP contribution in [0, 0.1) is 6.92 Å². The summed E-state index contributed by atoms with van der Waals surface area (Å²) in [7, 11) is 0. The number of hydrogen-bond acceptors (Lipinski definition) is 3. The van der Waals surface area contributed by atoms with Gasteiger partial charge in [-0.2, -0.15) is 0 Å². The molecule has 6 heteroatoms. The molecule has 0 radical (unpaired) electrons. The van der Waals surface area contributed by atoms with Gasteiger partial charge in [-0.05, 0) is 49.6 Å². The lowest BCUT2D eigenvalue weighted by Gasteiger charge is -2.11. The van der Waals surface area contributed by atoms with E-state index in [9.17, 15) is 4.79 Å². The molecule has 3 rings (SSSR count). The van der Waals surface area contributed by atoms with E-state index in [1.54, 1.807) is 12.3 Å². The van der Waals surface area contributed by atoms with Crippen LogP contribution in [0.2, 0.25) is 5.02 Å². The summed E-state index contributed by atoms with van der Waals surface area (Å²) in [4.78, 5) is 15.9. The number of anilines is 3. The Hall–Kier alpha value is -2.27. The van der Waals surface area contributed by atoms with E-state index < -0.39 is 0 Å². The van der Waals surface area contributed by atoms with Gasteiger partial charge >= 0.3 is 6.03 Å². The minimum absolute atomic E-state index is 0.207. The van der Waals surface area contributed by atoms with Crippen molar-refractivity contribution in [3.63, 3.8) is 0 Å². The quantitative estimate of drug-likeness (QED) is 0.796. The van der Waals surface area contributed by atoms with Crippen LogP contribution in [0.5, 0.6) is 0 Å². The fourth-order valence-electron chi connectivity index (χ4n) is 1.99. The summed E-state index contributed by atoms with van der Waals surface area (Å²) in [6.45, 7) is 2.00. The van der Waals surface area contributed by atoms with Crippen LogP contribution in [0.25, 0.3) is 0 Å². The standard InChI is InChI=1S/C16H17ClN4O/c1-10-2-3-11(17)8-14(10)19-13-6-7-15(18-9-13)21-16(22)20-12-4-5-12/h2-3,6-9,12,19H,4-5H2,1H3,(H2,18,20,21,22). The summed E-state index contributed by atoms with van der Waals surface area (Å²) < 4.78 is 0. The number of hydrogen-bond donors (Lipinski definition) is 3. The van der Waals surface area contributed by atoms with E-state index in [4.69, 9.17) is 11.6 Å². The number of urea groups is 1. The molecule has 0 aliphatic heterocycles. The highest BCUT2D eigenvalue weighted by molar-refractivity contribution is 6.30. The molecule has 1 fully saturated rings. The summed E-state index contributed by atoms with van der Waals surface area (Å²) in [5, 5.41) is 9.50. The monoisotopic (exact) mass is 316 g/mol. The maximum Gasteiger partial charge on any atom is 0.320 e. The number of carbonyl (C=O) groups is 1. The van der Waals surface area contributed by atoms with Crippen molar-refractivity contribution in [3.8, 4) is 0 Å². The molecule has 22 heavy (non-hydrogen) atoms. The zero-order valence-electron chi connectivity index (χ0n) is 12.2. The van der Waals surface area contributed by atoms with Crippen molar-refractivity contribution < 1.29 is 4.79 Å². The molecule has 3 N–H and O–H groups in total. The zero-order valence-corrected chi connectivity index (χ0v) is 12.9. The molecule has 0 saturated heterocycles. The molecule has 0 spiro atoms. The predicted octanol–water partition coefficient (Wildman–Crippen LogP) is 4.07. The summed E-state index contributed by atoms with van der Waals surface area (Å²) in [5.41, 5.74) is 2.86. The van der Waals surface area contributed by atoms with Gasteiger partial charge in [-0.1, -0.05) is 17.7 Å². The van der Waals surface area contributed by atoms with Crippen LogP contribution >= 0.6 is 11.6 Å². The first-order valence-corrected chi connectivity index (χ1v) is 7.55. The second-order valence-corrected chi connectivity index (χ2v) is 5.83. The maximum atomic E-state index is 11.6. The third-order valence-electron chi connectivity index (χ3n) is 3.40. The van der Waals surface area contributed by atoms with Gasteiger partial charge in [-0.15, -0.1) is 0 Å². The Morgan fingerprint density at radius 1 is 1.27 bits per heavy atom. The lowest BCUT2D eigenvalue weighted by molar-refractivity contribution is 0.251. The summed E-state index contributed by atoms with van der Waals surface area (Å²) in [5.74, 6) is 0.520. The molecular formula is C16H17ClN4O. The van der Waals surface area contributed by atoms with Crippen LogP contribution in [0.3, 0.4) is 0 Å². The number of aryl methyl sites for hydroxylation is 1. The Kier molecular flexibility index (Phi) is 4.15. The van der Waals surface area contributed by atoms with Crippen LogP contribution < -0.4 is 16.0 Å². The van der Waals surface area contributed by atoms with Gasteiger partial charge in [0.15, 0.2) is 0 Å². The number of nitrogens with one attached hydrogen (secondary N) is 3. The van der Waals surface area contributed by atoms with Crippen LogP contribution in [-0.2, 0) is 0 Å². The Bertz CT molecular complexity index is 683. The van der Waals surface area contributed by atoms with Gasteiger partial charge in [0.05, 0.1) is 11.9 Å². The van der Waals surface area contributed by atoms with Gasteiger partial charge in [-0.3, -0.25) is 5.32 Å². The van der Waals surface area contributed by atoms with Crippen molar-refractivity contribution in [3.05, 3.63) is 47.1 Å². The largest absolute Gasteiger partial charge is 0.354 e. The Labute approximate surface area is 134 Å². The highest BCUT2D eigenvalue weighted by atomic mass is 35.5. The number of amides is 2. The van der Waals surface area contributed by atoms with Crippen molar-refractivity contribution in [1.29, 1.82) is 0 Å². The van der Waals surface area contributed by atoms with Gasteiger partial charge in [0.1, 0.15) is 5.82 Å². The van der Waals surface area contributed by atoms with Gasteiger partial charge < -0.3 is 10.6 Å². The van der Waals surface area contributed by atoms with Gasteiger partial charge in [0.2, 0.25) is 0 Å². The number of halogens is 1. The summed E-state index contributed by atoms with van der Waals surface area (Å²) in [6.07, 6.45) is 3.79. The molecule has 114 valence electrons. The number of rotatable bonds is 4. The first kappa shape index (κ1) is 14.7. The third-order valence-corrected chi connectivity index (χ3v) is 3.63. The van der Waals surface area contributed by atoms with E-state index in [2.05, 4.69) is 20.9 Å². The fourth-order valence-corrected chi connectivity index (χ4v) is 2.16. The molecule has 2 aromatic rings. The molecule has 1 heterocycles. The van der Waals surface area contributed by atoms with E-state index in [1.807, 2.05) is 31.2 Å². The highest BCUT2D eigenvalue weighted by Gasteiger charge is 2.23. The summed E-state index contributed by atoms with van der Waals surface area (Å²) >= 11 is 6.00.